The number of hydrogen-bond donors (Lipinski definition) is 2. The highest BCUT2D eigenvalue weighted by Crippen LogP contribution is 2.29. The SMILES string of the molecule is Cc1ccc(-n2c(=O)[nH]cc(C(=O)Nc3ccc(C(F)(F)F)cc3)c2=O)cc1C. The Bertz CT molecular complexity index is 1190. The number of nitrogens with zero attached hydrogens (tertiary/aromatic N) is 1. The Balaban J connectivity index is 1.95. The number of aromatic nitrogens is 2. The molecule has 2 N–H and O–H groups in total. The van der Waals surface area contributed by atoms with Gasteiger partial charge in [0.1, 0.15) is 5.56 Å². The van der Waals surface area contributed by atoms with E-state index in [2.05, 4.69) is 10.3 Å². The minimum absolute atomic E-state index is 0.0753. The maximum Gasteiger partial charge on any atom is 0.416 e. The van der Waals surface area contributed by atoms with Crippen LogP contribution in [0.15, 0.2) is 58.3 Å². The van der Waals surface area contributed by atoms with Gasteiger partial charge in [-0.1, -0.05) is 6.07 Å². The number of rotatable bonds is 3. The first-order chi connectivity index (χ1) is 13.6. The number of halogens is 3. The molecule has 2 aromatic carbocycles. The fourth-order valence-corrected chi connectivity index (χ4v) is 2.68. The predicted molar refractivity (Wildman–Crippen MR) is 102 cm³/mol. The molecule has 3 aromatic rings. The molecule has 0 aliphatic heterocycles. The zero-order valence-corrected chi connectivity index (χ0v) is 15.4. The highest BCUT2D eigenvalue weighted by atomic mass is 19.4. The van der Waals surface area contributed by atoms with Crippen molar-refractivity contribution < 1.29 is 18.0 Å². The van der Waals surface area contributed by atoms with Crippen LogP contribution >= 0.6 is 0 Å². The number of aryl methyl sites for hydroxylation is 2. The van der Waals surface area contributed by atoms with Crippen LogP contribution in [-0.2, 0) is 6.18 Å². The minimum Gasteiger partial charge on any atom is -0.322 e. The van der Waals surface area contributed by atoms with Crippen LogP contribution in [-0.4, -0.2) is 15.5 Å². The van der Waals surface area contributed by atoms with Gasteiger partial charge in [-0.05, 0) is 61.4 Å². The van der Waals surface area contributed by atoms with E-state index in [0.29, 0.717) is 5.69 Å². The molecule has 0 bridgehead atoms. The highest BCUT2D eigenvalue weighted by molar-refractivity contribution is 6.03. The van der Waals surface area contributed by atoms with Crippen molar-refractivity contribution in [2.24, 2.45) is 0 Å². The zero-order valence-electron chi connectivity index (χ0n) is 15.4. The number of carbonyl (C=O) groups excluding carboxylic acids is 1. The fourth-order valence-electron chi connectivity index (χ4n) is 2.68. The molecule has 150 valence electrons. The van der Waals surface area contributed by atoms with E-state index in [9.17, 15) is 27.6 Å². The molecular formula is C20H16F3N3O3. The number of aromatic amines is 1. The van der Waals surface area contributed by atoms with Crippen LogP contribution in [0, 0.1) is 13.8 Å². The van der Waals surface area contributed by atoms with E-state index in [1.165, 1.54) is 0 Å². The van der Waals surface area contributed by atoms with Crippen LogP contribution in [0.5, 0.6) is 0 Å². The normalized spacial score (nSPS) is 11.3. The first-order valence-electron chi connectivity index (χ1n) is 8.49. The Hall–Kier alpha value is -3.62. The summed E-state index contributed by atoms with van der Waals surface area (Å²) in [7, 11) is 0. The molecule has 1 heterocycles. The second-order valence-corrected chi connectivity index (χ2v) is 6.45. The molecule has 6 nitrogen and oxygen atoms in total. The third-order valence-corrected chi connectivity index (χ3v) is 4.44. The van der Waals surface area contributed by atoms with Crippen LogP contribution in [0.4, 0.5) is 18.9 Å². The molecule has 0 saturated carbocycles. The standard InChI is InChI=1S/C20H16F3N3O3/c1-11-3-8-15(9-12(11)2)26-18(28)16(10-24-19(26)29)17(27)25-14-6-4-13(5-7-14)20(21,22)23/h3-10H,1-2H3,(H,24,29)(H,25,27). The Morgan fingerprint density at radius 1 is 1.00 bits per heavy atom. The Morgan fingerprint density at radius 2 is 1.66 bits per heavy atom. The van der Waals surface area contributed by atoms with Crippen molar-refractivity contribution in [3.05, 3.63) is 91.8 Å². The predicted octanol–water partition coefficient (Wildman–Crippen LogP) is 3.41. The smallest absolute Gasteiger partial charge is 0.322 e. The van der Waals surface area contributed by atoms with Crippen LogP contribution in [0.3, 0.4) is 0 Å². The molecule has 0 atom stereocenters. The van der Waals surface area contributed by atoms with Crippen molar-refractivity contribution in [2.45, 2.75) is 20.0 Å². The summed E-state index contributed by atoms with van der Waals surface area (Å²) in [6.07, 6.45) is -3.52. The summed E-state index contributed by atoms with van der Waals surface area (Å²) in [6, 6.07) is 8.75. The minimum atomic E-state index is -4.50. The van der Waals surface area contributed by atoms with Gasteiger partial charge in [0.25, 0.3) is 11.5 Å². The number of H-pyrrole nitrogens is 1. The number of alkyl halides is 3. The van der Waals surface area contributed by atoms with Crippen LogP contribution in [0.25, 0.3) is 5.69 Å². The van der Waals surface area contributed by atoms with Gasteiger partial charge in [-0.2, -0.15) is 13.2 Å². The average Bonchev–Trinajstić information content (AvgIpc) is 2.64. The topological polar surface area (TPSA) is 84.0 Å². The van der Waals surface area contributed by atoms with Crippen LogP contribution in [0.1, 0.15) is 27.0 Å². The second kappa shape index (κ2) is 7.42. The number of hydrogen-bond acceptors (Lipinski definition) is 3. The Kier molecular flexibility index (Phi) is 5.15. The molecule has 0 unspecified atom stereocenters. The van der Waals surface area contributed by atoms with Gasteiger partial charge in [-0.25, -0.2) is 9.36 Å². The number of nitrogens with one attached hydrogen (secondary N) is 2. The summed E-state index contributed by atoms with van der Waals surface area (Å²) in [5.74, 6) is -0.858. The van der Waals surface area contributed by atoms with E-state index in [1.54, 1.807) is 18.2 Å². The third kappa shape index (κ3) is 4.13. The van der Waals surface area contributed by atoms with Crippen molar-refractivity contribution in [2.75, 3.05) is 5.32 Å². The first-order valence-corrected chi connectivity index (χ1v) is 8.49. The van der Waals surface area contributed by atoms with Crippen LogP contribution < -0.4 is 16.6 Å². The van der Waals surface area contributed by atoms with Crippen molar-refractivity contribution in [3.8, 4) is 5.69 Å². The maximum atomic E-state index is 12.7. The molecule has 0 radical (unpaired) electrons. The molecule has 1 amide bonds. The lowest BCUT2D eigenvalue weighted by atomic mass is 10.1. The van der Waals surface area contributed by atoms with Gasteiger partial charge in [-0.15, -0.1) is 0 Å². The monoisotopic (exact) mass is 403 g/mol. The molecule has 0 spiro atoms. The van der Waals surface area contributed by atoms with Crippen molar-refractivity contribution in [1.29, 1.82) is 0 Å². The zero-order chi connectivity index (χ0) is 21.3. The van der Waals surface area contributed by atoms with Gasteiger partial charge in [0.05, 0.1) is 11.3 Å². The molecule has 0 aliphatic carbocycles. The van der Waals surface area contributed by atoms with Gasteiger partial charge >= 0.3 is 11.9 Å². The summed E-state index contributed by atoms with van der Waals surface area (Å²) in [5, 5.41) is 2.35. The van der Waals surface area contributed by atoms with Gasteiger partial charge < -0.3 is 10.3 Å². The molecular weight excluding hydrogens is 387 g/mol. The van der Waals surface area contributed by atoms with E-state index < -0.39 is 28.9 Å². The third-order valence-electron chi connectivity index (χ3n) is 4.44. The summed E-state index contributed by atoms with van der Waals surface area (Å²) < 4.78 is 38.7. The van der Waals surface area contributed by atoms with Gasteiger partial charge in [-0.3, -0.25) is 9.59 Å². The molecule has 0 aliphatic rings. The Morgan fingerprint density at radius 3 is 2.24 bits per heavy atom. The summed E-state index contributed by atoms with van der Waals surface area (Å²) in [5.41, 5.74) is -0.595. The van der Waals surface area contributed by atoms with Crippen molar-refractivity contribution in [1.82, 2.24) is 9.55 Å². The van der Waals surface area contributed by atoms with E-state index in [1.807, 2.05) is 13.8 Å². The van der Waals surface area contributed by atoms with Crippen molar-refractivity contribution in [3.63, 3.8) is 0 Å². The number of anilines is 1. The lowest BCUT2D eigenvalue weighted by Gasteiger charge is -2.10. The molecule has 3 rings (SSSR count). The van der Waals surface area contributed by atoms with Crippen LogP contribution in [0.2, 0.25) is 0 Å². The molecule has 29 heavy (non-hydrogen) atoms. The molecule has 1 aromatic heterocycles. The van der Waals surface area contributed by atoms with E-state index in [0.717, 1.165) is 46.2 Å². The Labute approximate surface area is 162 Å². The van der Waals surface area contributed by atoms with Gasteiger partial charge in [0, 0.05) is 11.9 Å². The fraction of sp³-hybridized carbons (Fsp3) is 0.150. The second-order valence-electron chi connectivity index (χ2n) is 6.45. The molecule has 0 fully saturated rings. The van der Waals surface area contributed by atoms with E-state index >= 15 is 0 Å². The quantitative estimate of drug-likeness (QED) is 0.703. The number of carbonyl (C=O) groups is 1. The maximum absolute atomic E-state index is 12.7. The highest BCUT2D eigenvalue weighted by Gasteiger charge is 2.30. The first kappa shape index (κ1) is 20.1. The number of amides is 1. The lowest BCUT2D eigenvalue weighted by Crippen LogP contribution is -2.38. The van der Waals surface area contributed by atoms with E-state index in [4.69, 9.17) is 0 Å². The molecule has 0 saturated heterocycles. The van der Waals surface area contributed by atoms with Gasteiger partial charge in [0.15, 0.2) is 0 Å². The lowest BCUT2D eigenvalue weighted by molar-refractivity contribution is -0.137. The largest absolute Gasteiger partial charge is 0.416 e. The average molecular weight is 403 g/mol. The summed E-state index contributed by atoms with van der Waals surface area (Å²) in [4.78, 5) is 39.7. The van der Waals surface area contributed by atoms with Crippen molar-refractivity contribution >= 4 is 11.6 Å². The summed E-state index contributed by atoms with van der Waals surface area (Å²) in [6.45, 7) is 3.69. The molecule has 9 heteroatoms. The van der Waals surface area contributed by atoms with Gasteiger partial charge in [0.2, 0.25) is 0 Å². The summed E-state index contributed by atoms with van der Waals surface area (Å²) >= 11 is 0. The van der Waals surface area contributed by atoms with E-state index in [-0.39, 0.29) is 11.3 Å². The number of benzene rings is 2.